The summed E-state index contributed by atoms with van der Waals surface area (Å²) in [7, 11) is 3.87. The van der Waals surface area contributed by atoms with Gasteiger partial charge in [0.05, 0.1) is 15.7 Å². The van der Waals surface area contributed by atoms with Gasteiger partial charge in [-0.25, -0.2) is 0 Å². The number of amides is 2. The third-order valence-electron chi connectivity index (χ3n) is 3.05. The maximum Gasteiger partial charge on any atom is 0.223 e. The van der Waals surface area contributed by atoms with Crippen LogP contribution in [0.25, 0.3) is 0 Å². The lowest BCUT2D eigenvalue weighted by atomic mass is 10.2. The summed E-state index contributed by atoms with van der Waals surface area (Å²) < 4.78 is 0. The number of nitrogens with zero attached hydrogens (tertiary/aromatic N) is 2. The molecule has 0 aliphatic carbocycles. The van der Waals surface area contributed by atoms with E-state index in [1.54, 1.807) is 18.2 Å². The molecule has 5 nitrogen and oxygen atoms in total. The predicted octanol–water partition coefficient (Wildman–Crippen LogP) is 2.41. The highest BCUT2D eigenvalue weighted by molar-refractivity contribution is 6.44. The lowest BCUT2D eigenvalue weighted by Crippen LogP contribution is -2.36. The minimum absolute atomic E-state index is 0.105. The molecule has 1 N–H and O–H groups in total. The van der Waals surface area contributed by atoms with Gasteiger partial charge in [-0.05, 0) is 26.2 Å². The van der Waals surface area contributed by atoms with Crippen molar-refractivity contribution in [3.05, 3.63) is 28.2 Å². The fraction of sp³-hybridized carbons (Fsp3) is 0.467. The first-order valence-corrected chi connectivity index (χ1v) is 7.72. The molecule has 0 bridgehead atoms. The van der Waals surface area contributed by atoms with Gasteiger partial charge in [0.2, 0.25) is 11.8 Å². The Balaban J connectivity index is 2.64. The molecule has 0 fully saturated rings. The van der Waals surface area contributed by atoms with Crippen molar-refractivity contribution in [1.82, 2.24) is 10.2 Å². The number of anilines is 1. The summed E-state index contributed by atoms with van der Waals surface area (Å²) in [5, 5.41) is 3.50. The molecule has 122 valence electrons. The molecule has 0 aliphatic heterocycles. The first-order chi connectivity index (χ1) is 10.3. The number of nitrogens with one attached hydrogen (secondary N) is 1. The second-order valence-corrected chi connectivity index (χ2v) is 5.93. The molecule has 0 saturated heterocycles. The van der Waals surface area contributed by atoms with Gasteiger partial charge in [0, 0.05) is 33.0 Å². The molecule has 0 heterocycles. The Morgan fingerprint density at radius 1 is 1.18 bits per heavy atom. The van der Waals surface area contributed by atoms with Crippen molar-refractivity contribution >= 4 is 40.7 Å². The highest BCUT2D eigenvalue weighted by Crippen LogP contribution is 2.32. The highest BCUT2D eigenvalue weighted by Gasteiger charge is 2.17. The number of benzene rings is 1. The molecule has 0 radical (unpaired) electrons. The SMILES string of the molecule is CC(=O)N(CCC(=O)NCCN(C)C)c1cccc(Cl)c1Cl. The fourth-order valence-electron chi connectivity index (χ4n) is 1.87. The van der Waals surface area contributed by atoms with Gasteiger partial charge in [-0.3, -0.25) is 9.59 Å². The Hall–Kier alpha value is -1.30. The van der Waals surface area contributed by atoms with Crippen molar-refractivity contribution in [3.8, 4) is 0 Å². The summed E-state index contributed by atoms with van der Waals surface area (Å²) in [5.74, 6) is -0.295. The van der Waals surface area contributed by atoms with Crippen molar-refractivity contribution in [2.75, 3.05) is 38.6 Å². The summed E-state index contributed by atoms with van der Waals surface area (Å²) in [6.07, 6.45) is 0.204. The van der Waals surface area contributed by atoms with E-state index in [9.17, 15) is 9.59 Å². The van der Waals surface area contributed by atoms with E-state index in [1.165, 1.54) is 11.8 Å². The van der Waals surface area contributed by atoms with E-state index in [-0.39, 0.29) is 24.8 Å². The molecule has 0 aromatic heterocycles. The maximum atomic E-state index is 11.8. The standard InChI is InChI=1S/C15H21Cl2N3O2/c1-11(21)20(13-6-4-5-12(16)15(13)17)9-7-14(22)18-8-10-19(2)3/h4-6H,7-10H2,1-3H3,(H,18,22). The Morgan fingerprint density at radius 2 is 1.86 bits per heavy atom. The normalized spacial score (nSPS) is 10.6. The van der Waals surface area contributed by atoms with Gasteiger partial charge in [-0.15, -0.1) is 0 Å². The Bertz CT molecular complexity index is 536. The Labute approximate surface area is 141 Å². The third-order valence-corrected chi connectivity index (χ3v) is 3.85. The molecule has 1 aromatic rings. The van der Waals surface area contributed by atoms with Crippen LogP contribution in [-0.2, 0) is 9.59 Å². The van der Waals surface area contributed by atoms with Gasteiger partial charge in [0.15, 0.2) is 0 Å². The van der Waals surface area contributed by atoms with Crippen LogP contribution in [0.15, 0.2) is 18.2 Å². The summed E-state index contributed by atoms with van der Waals surface area (Å²) in [4.78, 5) is 27.1. The summed E-state index contributed by atoms with van der Waals surface area (Å²) in [6.45, 7) is 3.02. The maximum absolute atomic E-state index is 11.8. The van der Waals surface area contributed by atoms with E-state index in [0.29, 0.717) is 22.3 Å². The third kappa shape index (κ3) is 5.83. The minimum atomic E-state index is -0.190. The van der Waals surface area contributed by atoms with E-state index >= 15 is 0 Å². The van der Waals surface area contributed by atoms with Crippen LogP contribution in [0, 0.1) is 0 Å². The average molecular weight is 346 g/mol. The monoisotopic (exact) mass is 345 g/mol. The summed E-state index contributed by atoms with van der Waals surface area (Å²) in [5.41, 5.74) is 0.516. The molecule has 22 heavy (non-hydrogen) atoms. The summed E-state index contributed by atoms with van der Waals surface area (Å²) in [6, 6.07) is 5.08. The fourth-order valence-corrected chi connectivity index (χ4v) is 2.27. The van der Waals surface area contributed by atoms with Gasteiger partial charge >= 0.3 is 0 Å². The predicted molar refractivity (Wildman–Crippen MR) is 90.7 cm³/mol. The number of rotatable bonds is 7. The van der Waals surface area contributed by atoms with E-state index in [1.807, 2.05) is 19.0 Å². The Kier molecular flexibility index (Phi) is 7.65. The van der Waals surface area contributed by atoms with Crippen LogP contribution in [0.5, 0.6) is 0 Å². The molecule has 0 spiro atoms. The Morgan fingerprint density at radius 3 is 2.45 bits per heavy atom. The number of hydrogen-bond donors (Lipinski definition) is 1. The van der Waals surface area contributed by atoms with Crippen LogP contribution in [0.2, 0.25) is 10.0 Å². The molecular weight excluding hydrogens is 325 g/mol. The largest absolute Gasteiger partial charge is 0.355 e. The topological polar surface area (TPSA) is 52.7 Å². The number of carbonyl (C=O) groups excluding carboxylic acids is 2. The van der Waals surface area contributed by atoms with Crippen LogP contribution in [0.4, 0.5) is 5.69 Å². The van der Waals surface area contributed by atoms with E-state index in [4.69, 9.17) is 23.2 Å². The second-order valence-electron chi connectivity index (χ2n) is 5.15. The van der Waals surface area contributed by atoms with Gasteiger partial charge < -0.3 is 15.1 Å². The van der Waals surface area contributed by atoms with Crippen molar-refractivity contribution in [2.45, 2.75) is 13.3 Å². The van der Waals surface area contributed by atoms with Gasteiger partial charge in [0.25, 0.3) is 0 Å². The van der Waals surface area contributed by atoms with E-state index in [2.05, 4.69) is 5.32 Å². The average Bonchev–Trinajstić information content (AvgIpc) is 2.42. The molecule has 2 amide bonds. The smallest absolute Gasteiger partial charge is 0.223 e. The van der Waals surface area contributed by atoms with Crippen LogP contribution in [0.3, 0.4) is 0 Å². The zero-order valence-corrected chi connectivity index (χ0v) is 14.5. The van der Waals surface area contributed by atoms with Crippen molar-refractivity contribution in [1.29, 1.82) is 0 Å². The second kappa shape index (κ2) is 8.98. The molecular formula is C15H21Cl2N3O2. The number of carbonyl (C=O) groups is 2. The summed E-state index contributed by atoms with van der Waals surface area (Å²) >= 11 is 12.1. The number of halogens is 2. The van der Waals surface area contributed by atoms with Crippen LogP contribution >= 0.6 is 23.2 Å². The van der Waals surface area contributed by atoms with Crippen molar-refractivity contribution in [2.24, 2.45) is 0 Å². The first-order valence-electron chi connectivity index (χ1n) is 6.96. The lowest BCUT2D eigenvalue weighted by molar-refractivity contribution is -0.121. The van der Waals surface area contributed by atoms with Gasteiger partial charge in [-0.1, -0.05) is 29.3 Å². The number of likely N-dealkylation sites (N-methyl/N-ethyl adjacent to an activating group) is 1. The molecule has 0 aliphatic rings. The van der Waals surface area contributed by atoms with E-state index in [0.717, 1.165) is 6.54 Å². The number of hydrogen-bond acceptors (Lipinski definition) is 3. The van der Waals surface area contributed by atoms with Gasteiger partial charge in [-0.2, -0.15) is 0 Å². The van der Waals surface area contributed by atoms with Gasteiger partial charge in [0.1, 0.15) is 0 Å². The van der Waals surface area contributed by atoms with Crippen LogP contribution < -0.4 is 10.2 Å². The van der Waals surface area contributed by atoms with E-state index < -0.39 is 0 Å². The minimum Gasteiger partial charge on any atom is -0.355 e. The van der Waals surface area contributed by atoms with Crippen LogP contribution in [-0.4, -0.2) is 50.4 Å². The molecule has 7 heteroatoms. The zero-order chi connectivity index (χ0) is 16.7. The lowest BCUT2D eigenvalue weighted by Gasteiger charge is -2.22. The van der Waals surface area contributed by atoms with Crippen molar-refractivity contribution in [3.63, 3.8) is 0 Å². The molecule has 0 unspecified atom stereocenters. The van der Waals surface area contributed by atoms with Crippen molar-refractivity contribution < 1.29 is 9.59 Å². The highest BCUT2D eigenvalue weighted by atomic mass is 35.5. The quantitative estimate of drug-likeness (QED) is 0.825. The molecule has 0 saturated carbocycles. The molecule has 1 rings (SSSR count). The zero-order valence-electron chi connectivity index (χ0n) is 13.0. The molecule has 1 aromatic carbocycles. The molecule has 0 atom stereocenters. The van der Waals surface area contributed by atoms with Crippen LogP contribution in [0.1, 0.15) is 13.3 Å². The first kappa shape index (κ1) is 18.7.